The molecule has 0 radical (unpaired) electrons. The van der Waals surface area contributed by atoms with E-state index in [1.165, 1.54) is 12.1 Å². The van der Waals surface area contributed by atoms with Gasteiger partial charge in [-0.05, 0) is 18.2 Å². The van der Waals surface area contributed by atoms with Gasteiger partial charge in [-0.2, -0.15) is 0 Å². The van der Waals surface area contributed by atoms with Crippen LogP contribution in [0.1, 0.15) is 31.8 Å². The third-order valence-electron chi connectivity index (χ3n) is 4.19. The van der Waals surface area contributed by atoms with Crippen LogP contribution in [0.4, 0.5) is 0 Å². The number of hydrogen-bond donors (Lipinski definition) is 2. The van der Waals surface area contributed by atoms with Crippen LogP contribution < -0.4 is 0 Å². The van der Waals surface area contributed by atoms with Crippen molar-refractivity contribution in [2.45, 2.75) is 12.8 Å². The third-order valence-corrected chi connectivity index (χ3v) is 4.19. The summed E-state index contributed by atoms with van der Waals surface area (Å²) >= 11 is 0. The van der Waals surface area contributed by atoms with E-state index in [-0.39, 0.29) is 35.9 Å². The lowest BCUT2D eigenvalue weighted by molar-refractivity contribution is 0.0991. The van der Waals surface area contributed by atoms with Gasteiger partial charge in [0.1, 0.15) is 11.5 Å². The maximum Gasteiger partial charge on any atom is 0.167 e. The van der Waals surface area contributed by atoms with Gasteiger partial charge in [0.2, 0.25) is 0 Å². The van der Waals surface area contributed by atoms with Crippen LogP contribution in [0.5, 0.6) is 11.5 Å². The molecule has 3 aromatic rings. The Morgan fingerprint density at radius 3 is 1.46 bits per heavy atom. The molecule has 3 rings (SSSR count). The van der Waals surface area contributed by atoms with E-state index in [2.05, 4.69) is 0 Å². The van der Waals surface area contributed by atoms with Gasteiger partial charge in [-0.25, -0.2) is 0 Å². The monoisotopic (exact) mass is 346 g/mol. The molecule has 2 N–H and O–H groups in total. The highest BCUT2D eigenvalue weighted by Gasteiger charge is 2.14. The summed E-state index contributed by atoms with van der Waals surface area (Å²) in [6, 6.07) is 19.9. The minimum Gasteiger partial charge on any atom is -0.508 e. The minimum atomic E-state index is -0.177. The molecule has 0 fully saturated rings. The summed E-state index contributed by atoms with van der Waals surface area (Å²) in [7, 11) is 0. The second-order valence-corrected chi connectivity index (χ2v) is 6.04. The van der Waals surface area contributed by atoms with Gasteiger partial charge >= 0.3 is 0 Å². The van der Waals surface area contributed by atoms with Gasteiger partial charge in [0, 0.05) is 35.1 Å². The minimum absolute atomic E-state index is 0.0593. The summed E-state index contributed by atoms with van der Waals surface area (Å²) in [5.74, 6) is -0.201. The Bertz CT molecular complexity index is 885. The Hall–Kier alpha value is -3.40. The maximum atomic E-state index is 12.5. The molecule has 0 spiro atoms. The van der Waals surface area contributed by atoms with E-state index >= 15 is 0 Å². The first-order valence-electron chi connectivity index (χ1n) is 8.25. The van der Waals surface area contributed by atoms with Crippen molar-refractivity contribution in [2.24, 2.45) is 0 Å². The fraction of sp³-hybridized carbons (Fsp3) is 0.0909. The number of carbonyl (C=O) groups is 2. The molecule has 4 heteroatoms. The standard InChI is InChI=1S/C22H18O4/c23-19-10-3-1-6-17(19)13-21(25)15-8-5-9-16(12-15)22(26)14-18-7-2-4-11-20(18)24/h1-12,23-24H,13-14H2. The molecule has 130 valence electrons. The average molecular weight is 346 g/mol. The largest absolute Gasteiger partial charge is 0.508 e. The molecule has 0 amide bonds. The third kappa shape index (κ3) is 3.98. The predicted molar refractivity (Wildman–Crippen MR) is 98.7 cm³/mol. The molecule has 0 heterocycles. The number of phenolic OH excluding ortho intramolecular Hbond substituents is 2. The smallest absolute Gasteiger partial charge is 0.167 e. The highest BCUT2D eigenvalue weighted by Crippen LogP contribution is 2.20. The first-order chi connectivity index (χ1) is 12.5. The van der Waals surface area contributed by atoms with Crippen LogP contribution in [0.3, 0.4) is 0 Å². The van der Waals surface area contributed by atoms with Crippen LogP contribution >= 0.6 is 0 Å². The number of carbonyl (C=O) groups excluding carboxylic acids is 2. The van der Waals surface area contributed by atoms with Gasteiger partial charge in [0.25, 0.3) is 0 Å². The molecule has 4 nitrogen and oxygen atoms in total. The topological polar surface area (TPSA) is 74.6 Å². The summed E-state index contributed by atoms with van der Waals surface area (Å²) in [5.41, 5.74) is 1.92. The van der Waals surface area contributed by atoms with Gasteiger partial charge in [-0.1, -0.05) is 54.6 Å². The van der Waals surface area contributed by atoms with Crippen molar-refractivity contribution in [1.29, 1.82) is 0 Å². The molecular formula is C22H18O4. The maximum absolute atomic E-state index is 12.5. The first-order valence-corrected chi connectivity index (χ1v) is 8.25. The lowest BCUT2D eigenvalue weighted by Crippen LogP contribution is -2.08. The zero-order valence-electron chi connectivity index (χ0n) is 14.1. The second-order valence-electron chi connectivity index (χ2n) is 6.04. The second kappa shape index (κ2) is 7.66. The van der Waals surface area contributed by atoms with E-state index in [0.717, 1.165) is 0 Å². The van der Waals surface area contributed by atoms with Crippen LogP contribution in [0, 0.1) is 0 Å². The molecule has 0 bridgehead atoms. The molecule has 0 saturated heterocycles. The molecule has 0 atom stereocenters. The number of aromatic hydroxyl groups is 2. The van der Waals surface area contributed by atoms with Crippen LogP contribution in [0.15, 0.2) is 72.8 Å². The number of para-hydroxylation sites is 2. The zero-order chi connectivity index (χ0) is 18.5. The SMILES string of the molecule is O=C(Cc1ccccc1O)c1cccc(C(=O)Cc2ccccc2O)c1. The molecule has 0 saturated carbocycles. The Balaban J connectivity index is 1.77. The molecule has 0 aliphatic rings. The van der Waals surface area contributed by atoms with E-state index in [9.17, 15) is 19.8 Å². The summed E-state index contributed by atoms with van der Waals surface area (Å²) < 4.78 is 0. The molecule has 0 aromatic heterocycles. The van der Waals surface area contributed by atoms with E-state index in [1.807, 2.05) is 0 Å². The lowest BCUT2D eigenvalue weighted by Gasteiger charge is -2.07. The summed E-state index contributed by atoms with van der Waals surface area (Å²) in [4.78, 5) is 25.0. The van der Waals surface area contributed by atoms with Crippen molar-refractivity contribution >= 4 is 11.6 Å². The van der Waals surface area contributed by atoms with Crippen molar-refractivity contribution in [3.8, 4) is 11.5 Å². The first kappa shape index (κ1) is 17.4. The van der Waals surface area contributed by atoms with Crippen LogP contribution in [-0.4, -0.2) is 21.8 Å². The van der Waals surface area contributed by atoms with E-state index in [4.69, 9.17) is 0 Å². The van der Waals surface area contributed by atoms with Gasteiger partial charge in [0.15, 0.2) is 11.6 Å². The predicted octanol–water partition coefficient (Wildman–Crippen LogP) is 3.95. The quantitative estimate of drug-likeness (QED) is 0.663. The Labute approximate surface area is 151 Å². The fourth-order valence-electron chi connectivity index (χ4n) is 2.74. The van der Waals surface area contributed by atoms with Gasteiger partial charge in [0.05, 0.1) is 0 Å². The summed E-state index contributed by atoms with van der Waals surface area (Å²) in [6.07, 6.45) is 0.119. The number of benzene rings is 3. The fourth-order valence-corrected chi connectivity index (χ4v) is 2.74. The van der Waals surface area contributed by atoms with Crippen molar-refractivity contribution in [1.82, 2.24) is 0 Å². The van der Waals surface area contributed by atoms with Crippen molar-refractivity contribution in [3.63, 3.8) is 0 Å². The van der Waals surface area contributed by atoms with E-state index in [1.54, 1.807) is 60.7 Å². The van der Waals surface area contributed by atoms with Crippen LogP contribution in [0.2, 0.25) is 0 Å². The van der Waals surface area contributed by atoms with Crippen LogP contribution in [-0.2, 0) is 12.8 Å². The Morgan fingerprint density at radius 1 is 0.615 bits per heavy atom. The lowest BCUT2D eigenvalue weighted by atomic mass is 9.97. The highest BCUT2D eigenvalue weighted by atomic mass is 16.3. The Morgan fingerprint density at radius 2 is 1.04 bits per heavy atom. The summed E-state index contributed by atoms with van der Waals surface area (Å²) in [5, 5.41) is 19.6. The van der Waals surface area contributed by atoms with Crippen LogP contribution in [0.25, 0.3) is 0 Å². The molecule has 0 aliphatic heterocycles. The number of Topliss-reactive ketones (excluding diaryl/α,β-unsaturated/α-hetero) is 2. The molecule has 26 heavy (non-hydrogen) atoms. The van der Waals surface area contributed by atoms with E-state index in [0.29, 0.717) is 22.3 Å². The normalized spacial score (nSPS) is 10.5. The molecule has 0 unspecified atom stereocenters. The highest BCUT2D eigenvalue weighted by molar-refractivity contribution is 6.02. The van der Waals surface area contributed by atoms with Crippen molar-refractivity contribution < 1.29 is 19.8 Å². The van der Waals surface area contributed by atoms with E-state index < -0.39 is 0 Å². The number of phenols is 2. The molecular weight excluding hydrogens is 328 g/mol. The van der Waals surface area contributed by atoms with Gasteiger partial charge in [-0.15, -0.1) is 0 Å². The van der Waals surface area contributed by atoms with Crippen molar-refractivity contribution in [2.75, 3.05) is 0 Å². The number of hydrogen-bond acceptors (Lipinski definition) is 4. The van der Waals surface area contributed by atoms with Gasteiger partial charge in [-0.3, -0.25) is 9.59 Å². The zero-order valence-corrected chi connectivity index (χ0v) is 14.1. The summed E-state index contributed by atoms with van der Waals surface area (Å²) in [6.45, 7) is 0. The number of rotatable bonds is 6. The Kier molecular flexibility index (Phi) is 5.13. The average Bonchev–Trinajstić information content (AvgIpc) is 2.65. The van der Waals surface area contributed by atoms with Crippen molar-refractivity contribution in [3.05, 3.63) is 95.1 Å². The van der Waals surface area contributed by atoms with Gasteiger partial charge < -0.3 is 10.2 Å². The molecule has 0 aliphatic carbocycles. The molecule has 3 aromatic carbocycles. The number of ketones is 2.